The van der Waals surface area contributed by atoms with E-state index in [-0.39, 0.29) is 5.69 Å². The van der Waals surface area contributed by atoms with E-state index in [1.807, 2.05) is 0 Å². The number of anilines is 1. The Balaban J connectivity index is 1.95. The molecule has 0 atom stereocenters. The van der Waals surface area contributed by atoms with E-state index in [4.69, 9.17) is 11.6 Å². The van der Waals surface area contributed by atoms with Gasteiger partial charge in [0.15, 0.2) is 5.82 Å². The smallest absolute Gasteiger partial charge is 0.271 e. The highest BCUT2D eigenvalue weighted by atomic mass is 35.5. The zero-order chi connectivity index (χ0) is 13.0. The monoisotopic (exact) mass is 268 g/mol. The van der Waals surface area contributed by atoms with Crippen LogP contribution in [-0.4, -0.2) is 32.1 Å². The van der Waals surface area contributed by atoms with Gasteiger partial charge in [0.25, 0.3) is 5.69 Å². The van der Waals surface area contributed by atoms with E-state index in [0.717, 1.165) is 0 Å². The van der Waals surface area contributed by atoms with Crippen LogP contribution in [-0.2, 0) is 6.42 Å². The van der Waals surface area contributed by atoms with Crippen molar-refractivity contribution in [2.24, 2.45) is 0 Å². The minimum Gasteiger partial charge on any atom is -0.383 e. The number of nitro benzene ring substituents is 1. The van der Waals surface area contributed by atoms with Crippen molar-refractivity contribution < 1.29 is 4.92 Å². The maximum Gasteiger partial charge on any atom is 0.271 e. The average molecular weight is 269 g/mol. The summed E-state index contributed by atoms with van der Waals surface area (Å²) in [7, 11) is 0. The molecule has 94 valence electrons. The van der Waals surface area contributed by atoms with Crippen molar-refractivity contribution in [3.63, 3.8) is 0 Å². The lowest BCUT2D eigenvalue weighted by Crippen LogP contribution is -2.06. The molecule has 0 unspecified atom stereocenters. The van der Waals surface area contributed by atoms with Crippen molar-refractivity contribution >= 4 is 23.0 Å². The van der Waals surface area contributed by atoms with Crippen LogP contribution in [0.4, 0.5) is 11.4 Å². The molecule has 8 nitrogen and oxygen atoms in total. The van der Waals surface area contributed by atoms with Crippen LogP contribution in [0.25, 0.3) is 0 Å². The van der Waals surface area contributed by atoms with Crippen molar-refractivity contribution in [2.45, 2.75) is 6.42 Å². The molecule has 0 saturated carbocycles. The molecule has 0 spiro atoms. The second-order valence-electron chi connectivity index (χ2n) is 3.43. The van der Waals surface area contributed by atoms with E-state index in [9.17, 15) is 10.1 Å². The minimum atomic E-state index is -0.491. The Kier molecular flexibility index (Phi) is 3.68. The summed E-state index contributed by atoms with van der Waals surface area (Å²) in [4.78, 5) is 10.0. The molecule has 0 aliphatic carbocycles. The van der Waals surface area contributed by atoms with Crippen LogP contribution in [0.1, 0.15) is 5.82 Å². The number of non-ortho nitro benzene ring substituents is 1. The quantitative estimate of drug-likeness (QED) is 0.627. The van der Waals surface area contributed by atoms with E-state index in [0.29, 0.717) is 29.5 Å². The highest BCUT2D eigenvalue weighted by molar-refractivity contribution is 6.33. The van der Waals surface area contributed by atoms with Gasteiger partial charge in [0.1, 0.15) is 0 Å². The molecule has 2 rings (SSSR count). The number of aromatic amines is 1. The number of nitro groups is 1. The Hall–Kier alpha value is -2.22. The predicted molar refractivity (Wildman–Crippen MR) is 64.5 cm³/mol. The first-order valence-electron chi connectivity index (χ1n) is 5.07. The second kappa shape index (κ2) is 5.41. The lowest BCUT2D eigenvalue weighted by atomic mass is 10.2. The summed E-state index contributed by atoms with van der Waals surface area (Å²) in [6.07, 6.45) is 0.573. The van der Waals surface area contributed by atoms with Gasteiger partial charge in [-0.15, -0.1) is 10.2 Å². The number of hydrogen-bond acceptors (Lipinski definition) is 6. The summed E-state index contributed by atoms with van der Waals surface area (Å²) in [6, 6.07) is 4.26. The number of aromatic nitrogens is 4. The first-order chi connectivity index (χ1) is 8.66. The van der Waals surface area contributed by atoms with Crippen molar-refractivity contribution in [2.75, 3.05) is 11.9 Å². The topological polar surface area (TPSA) is 110 Å². The standard InChI is InChI=1S/C9H9ClN6O2/c10-7-5-6(16(17)18)1-2-8(7)11-4-3-9-12-14-15-13-9/h1-2,5,11H,3-4H2,(H,12,13,14,15). The summed E-state index contributed by atoms with van der Waals surface area (Å²) in [5.74, 6) is 0.584. The lowest BCUT2D eigenvalue weighted by Gasteiger charge is -2.06. The molecule has 0 aliphatic rings. The number of tetrazole rings is 1. The van der Waals surface area contributed by atoms with E-state index < -0.39 is 4.92 Å². The third-order valence-corrected chi connectivity index (χ3v) is 2.53. The molecular formula is C9H9ClN6O2. The number of nitrogens with one attached hydrogen (secondary N) is 2. The fourth-order valence-corrected chi connectivity index (χ4v) is 1.60. The van der Waals surface area contributed by atoms with Gasteiger partial charge in [-0.25, -0.2) is 0 Å². The number of benzene rings is 1. The average Bonchev–Trinajstić information content (AvgIpc) is 2.84. The molecule has 1 aromatic heterocycles. The van der Waals surface area contributed by atoms with Gasteiger partial charge < -0.3 is 5.32 Å². The number of H-pyrrole nitrogens is 1. The van der Waals surface area contributed by atoms with Crippen LogP contribution in [0.15, 0.2) is 18.2 Å². The molecule has 0 aliphatic heterocycles. The molecule has 0 radical (unpaired) electrons. The number of rotatable bonds is 5. The molecule has 1 heterocycles. The zero-order valence-corrected chi connectivity index (χ0v) is 9.89. The fraction of sp³-hybridized carbons (Fsp3) is 0.222. The first kappa shape index (κ1) is 12.2. The van der Waals surface area contributed by atoms with Gasteiger partial charge in [0, 0.05) is 25.1 Å². The van der Waals surface area contributed by atoms with Crippen LogP contribution >= 0.6 is 11.6 Å². The second-order valence-corrected chi connectivity index (χ2v) is 3.83. The zero-order valence-electron chi connectivity index (χ0n) is 9.13. The summed E-state index contributed by atoms with van der Waals surface area (Å²) in [6.45, 7) is 0.553. The van der Waals surface area contributed by atoms with Crippen LogP contribution in [0.2, 0.25) is 5.02 Å². The molecule has 18 heavy (non-hydrogen) atoms. The maximum absolute atomic E-state index is 10.5. The molecule has 0 amide bonds. The normalized spacial score (nSPS) is 10.3. The SMILES string of the molecule is O=[N+]([O-])c1ccc(NCCc2nn[nH]n2)c(Cl)c1. The molecule has 0 fully saturated rings. The molecular weight excluding hydrogens is 260 g/mol. The molecule has 0 saturated heterocycles. The Bertz CT molecular complexity index is 544. The maximum atomic E-state index is 10.5. The Morgan fingerprint density at radius 2 is 2.33 bits per heavy atom. The highest BCUT2D eigenvalue weighted by Crippen LogP contribution is 2.26. The van der Waals surface area contributed by atoms with Crippen molar-refractivity contribution in [1.82, 2.24) is 20.6 Å². The van der Waals surface area contributed by atoms with Crippen LogP contribution in [0.5, 0.6) is 0 Å². The largest absolute Gasteiger partial charge is 0.383 e. The number of nitrogens with zero attached hydrogens (tertiary/aromatic N) is 4. The van der Waals surface area contributed by atoms with Crippen LogP contribution in [0.3, 0.4) is 0 Å². The summed E-state index contributed by atoms with van der Waals surface area (Å²) in [5, 5.41) is 27.3. The molecule has 9 heteroatoms. The van der Waals surface area contributed by atoms with Gasteiger partial charge in [-0.1, -0.05) is 16.8 Å². The minimum absolute atomic E-state index is 0.0382. The van der Waals surface area contributed by atoms with Crippen LogP contribution < -0.4 is 5.32 Å². The van der Waals surface area contributed by atoms with Crippen molar-refractivity contribution in [1.29, 1.82) is 0 Å². The van der Waals surface area contributed by atoms with Gasteiger partial charge in [-0.3, -0.25) is 10.1 Å². The van der Waals surface area contributed by atoms with Gasteiger partial charge in [0.2, 0.25) is 0 Å². The van der Waals surface area contributed by atoms with E-state index >= 15 is 0 Å². The number of halogens is 1. The van der Waals surface area contributed by atoms with E-state index in [2.05, 4.69) is 25.9 Å². The van der Waals surface area contributed by atoms with Gasteiger partial charge in [-0.05, 0) is 6.07 Å². The summed E-state index contributed by atoms with van der Waals surface area (Å²) >= 11 is 5.92. The van der Waals surface area contributed by atoms with E-state index in [1.54, 1.807) is 6.07 Å². The Morgan fingerprint density at radius 1 is 1.50 bits per heavy atom. The summed E-state index contributed by atoms with van der Waals surface area (Å²) < 4.78 is 0. The molecule has 0 bridgehead atoms. The van der Waals surface area contributed by atoms with Gasteiger partial charge in [0.05, 0.1) is 15.6 Å². The van der Waals surface area contributed by atoms with Crippen LogP contribution in [0, 0.1) is 10.1 Å². The van der Waals surface area contributed by atoms with Crippen molar-refractivity contribution in [3.05, 3.63) is 39.2 Å². The van der Waals surface area contributed by atoms with Crippen molar-refractivity contribution in [3.8, 4) is 0 Å². The highest BCUT2D eigenvalue weighted by Gasteiger charge is 2.09. The van der Waals surface area contributed by atoms with Gasteiger partial charge in [-0.2, -0.15) is 5.21 Å². The third-order valence-electron chi connectivity index (χ3n) is 2.22. The Labute approximate surface area is 106 Å². The number of hydrogen-bond donors (Lipinski definition) is 2. The predicted octanol–water partition coefficient (Wildman–Crippen LogP) is 1.42. The lowest BCUT2D eigenvalue weighted by molar-refractivity contribution is -0.384. The molecule has 1 aromatic carbocycles. The molecule has 2 N–H and O–H groups in total. The molecule has 2 aromatic rings. The van der Waals surface area contributed by atoms with Gasteiger partial charge >= 0.3 is 0 Å². The summed E-state index contributed by atoms with van der Waals surface area (Å²) in [5.41, 5.74) is 0.592. The third kappa shape index (κ3) is 2.92. The fourth-order valence-electron chi connectivity index (χ4n) is 1.36. The first-order valence-corrected chi connectivity index (χ1v) is 5.45. The Morgan fingerprint density at radius 3 is 2.94 bits per heavy atom. The van der Waals surface area contributed by atoms with E-state index in [1.165, 1.54) is 12.1 Å².